The summed E-state index contributed by atoms with van der Waals surface area (Å²) in [6.45, 7) is 5.85. The van der Waals surface area contributed by atoms with Crippen LogP contribution < -0.4 is 14.5 Å². The van der Waals surface area contributed by atoms with E-state index in [0.717, 1.165) is 73.5 Å². The molecule has 0 aliphatic carbocycles. The van der Waals surface area contributed by atoms with E-state index >= 15 is 0 Å². The molecule has 0 aromatic heterocycles. The standard InChI is InChI=1S/C32H33N3O2/c1-37-26-13-11-25(12-14-26)23-35-30-16-15-29(27-9-5-10-28(31(27)30)32(35)36)34-19-6-18-33(21-22-34)20-17-24-7-3-2-4-8-24/h2-5,7-16H,6,17-23H2,1H3. The summed E-state index contributed by atoms with van der Waals surface area (Å²) in [7, 11) is 1.67. The molecule has 4 aromatic rings. The van der Waals surface area contributed by atoms with Gasteiger partial charge in [-0.3, -0.25) is 4.79 Å². The highest BCUT2D eigenvalue weighted by atomic mass is 16.5. The summed E-state index contributed by atoms with van der Waals surface area (Å²) >= 11 is 0. The molecule has 6 rings (SSSR count). The van der Waals surface area contributed by atoms with Gasteiger partial charge in [0.15, 0.2) is 0 Å². The minimum absolute atomic E-state index is 0.0801. The predicted molar refractivity (Wildman–Crippen MR) is 151 cm³/mol. The maximum atomic E-state index is 13.5. The van der Waals surface area contributed by atoms with Crippen molar-refractivity contribution in [2.24, 2.45) is 0 Å². The maximum absolute atomic E-state index is 13.5. The third-order valence-electron chi connectivity index (χ3n) is 7.75. The van der Waals surface area contributed by atoms with Crippen LogP contribution in [0.4, 0.5) is 11.4 Å². The number of benzene rings is 4. The smallest absolute Gasteiger partial charge is 0.259 e. The van der Waals surface area contributed by atoms with E-state index in [1.165, 1.54) is 16.6 Å². The van der Waals surface area contributed by atoms with E-state index in [-0.39, 0.29) is 5.91 Å². The molecule has 0 bridgehead atoms. The molecule has 2 aliphatic heterocycles. The average Bonchev–Trinajstić information content (AvgIpc) is 3.09. The molecule has 5 nitrogen and oxygen atoms in total. The number of hydrogen-bond donors (Lipinski definition) is 0. The molecule has 0 atom stereocenters. The SMILES string of the molecule is COc1ccc(CN2C(=O)c3cccc4c(N5CCCN(CCc6ccccc6)CC5)ccc2c34)cc1. The Morgan fingerprint density at radius 3 is 2.38 bits per heavy atom. The number of amides is 1. The summed E-state index contributed by atoms with van der Waals surface area (Å²) in [6, 6.07) is 29.3. The topological polar surface area (TPSA) is 36.0 Å². The van der Waals surface area contributed by atoms with Crippen molar-refractivity contribution in [3.8, 4) is 5.75 Å². The highest BCUT2D eigenvalue weighted by Crippen LogP contribution is 2.42. The summed E-state index contributed by atoms with van der Waals surface area (Å²) in [5.74, 6) is 0.902. The highest BCUT2D eigenvalue weighted by molar-refractivity contribution is 6.26. The molecule has 188 valence electrons. The van der Waals surface area contributed by atoms with Gasteiger partial charge in [0.2, 0.25) is 0 Å². The summed E-state index contributed by atoms with van der Waals surface area (Å²) in [6.07, 6.45) is 2.23. The fraction of sp³-hybridized carbons (Fsp3) is 0.281. The van der Waals surface area contributed by atoms with Crippen LogP contribution in [0.25, 0.3) is 10.8 Å². The average molecular weight is 492 g/mol. The third-order valence-corrected chi connectivity index (χ3v) is 7.75. The van der Waals surface area contributed by atoms with Crippen molar-refractivity contribution in [2.45, 2.75) is 19.4 Å². The van der Waals surface area contributed by atoms with Crippen molar-refractivity contribution < 1.29 is 9.53 Å². The van der Waals surface area contributed by atoms with E-state index in [4.69, 9.17) is 4.74 Å². The van der Waals surface area contributed by atoms with Gasteiger partial charge in [0.05, 0.1) is 19.3 Å². The van der Waals surface area contributed by atoms with Crippen LogP contribution in [-0.2, 0) is 13.0 Å². The molecule has 1 amide bonds. The fourth-order valence-electron chi connectivity index (χ4n) is 5.74. The van der Waals surface area contributed by atoms with Crippen molar-refractivity contribution in [1.29, 1.82) is 0 Å². The van der Waals surface area contributed by atoms with E-state index in [2.05, 4.69) is 58.3 Å². The molecule has 2 aliphatic rings. The van der Waals surface area contributed by atoms with Gasteiger partial charge < -0.3 is 19.4 Å². The number of nitrogens with zero attached hydrogens (tertiary/aromatic N) is 3. The Morgan fingerprint density at radius 2 is 1.57 bits per heavy atom. The lowest BCUT2D eigenvalue weighted by Gasteiger charge is -2.26. The first kappa shape index (κ1) is 23.6. The molecule has 0 spiro atoms. The molecule has 4 aromatic carbocycles. The van der Waals surface area contributed by atoms with E-state index in [1.807, 2.05) is 41.3 Å². The first-order valence-electron chi connectivity index (χ1n) is 13.2. The number of carbonyl (C=O) groups excluding carboxylic acids is 1. The molecule has 0 radical (unpaired) electrons. The predicted octanol–water partition coefficient (Wildman–Crippen LogP) is 5.76. The Balaban J connectivity index is 1.22. The molecule has 5 heteroatoms. The van der Waals surface area contributed by atoms with Crippen molar-refractivity contribution in [2.75, 3.05) is 49.6 Å². The second kappa shape index (κ2) is 10.3. The van der Waals surface area contributed by atoms with Crippen molar-refractivity contribution in [3.05, 3.63) is 102 Å². The van der Waals surface area contributed by atoms with Crippen LogP contribution >= 0.6 is 0 Å². The van der Waals surface area contributed by atoms with Crippen LogP contribution in [0, 0.1) is 0 Å². The highest BCUT2D eigenvalue weighted by Gasteiger charge is 2.31. The van der Waals surface area contributed by atoms with Gasteiger partial charge in [-0.15, -0.1) is 0 Å². The van der Waals surface area contributed by atoms with Crippen molar-refractivity contribution >= 4 is 28.1 Å². The van der Waals surface area contributed by atoms with Crippen LogP contribution in [0.3, 0.4) is 0 Å². The van der Waals surface area contributed by atoms with Gasteiger partial charge in [-0.25, -0.2) is 0 Å². The number of methoxy groups -OCH3 is 1. The number of anilines is 2. The van der Waals surface area contributed by atoms with E-state index < -0.39 is 0 Å². The fourth-order valence-corrected chi connectivity index (χ4v) is 5.74. The van der Waals surface area contributed by atoms with E-state index in [1.54, 1.807) is 7.11 Å². The van der Waals surface area contributed by atoms with E-state index in [9.17, 15) is 4.79 Å². The zero-order valence-electron chi connectivity index (χ0n) is 21.4. The van der Waals surface area contributed by atoms with Gasteiger partial charge in [0, 0.05) is 48.2 Å². The summed E-state index contributed by atoms with van der Waals surface area (Å²) in [5, 5.41) is 2.27. The summed E-state index contributed by atoms with van der Waals surface area (Å²) in [5.41, 5.74) is 5.54. The first-order chi connectivity index (χ1) is 18.2. The summed E-state index contributed by atoms with van der Waals surface area (Å²) in [4.78, 5) is 20.5. The molecule has 1 fully saturated rings. The largest absolute Gasteiger partial charge is 0.497 e. The number of rotatable bonds is 7. The number of hydrogen-bond acceptors (Lipinski definition) is 4. The van der Waals surface area contributed by atoms with Gasteiger partial charge in [0.25, 0.3) is 5.91 Å². The Hall–Kier alpha value is -3.83. The molecular formula is C32H33N3O2. The van der Waals surface area contributed by atoms with Gasteiger partial charge in [0.1, 0.15) is 5.75 Å². The molecule has 37 heavy (non-hydrogen) atoms. The second-order valence-electron chi connectivity index (χ2n) is 9.99. The molecule has 2 heterocycles. The second-order valence-corrected chi connectivity index (χ2v) is 9.99. The Morgan fingerprint density at radius 1 is 0.757 bits per heavy atom. The van der Waals surface area contributed by atoms with Gasteiger partial charge in [-0.05, 0) is 60.8 Å². The Bertz CT molecular complexity index is 1400. The number of ether oxygens (including phenoxy) is 1. The minimum Gasteiger partial charge on any atom is -0.497 e. The van der Waals surface area contributed by atoms with Crippen LogP contribution in [0.5, 0.6) is 5.75 Å². The van der Waals surface area contributed by atoms with Crippen LogP contribution in [0.15, 0.2) is 84.9 Å². The molecule has 1 saturated heterocycles. The lowest BCUT2D eigenvalue weighted by atomic mass is 10.0. The Kier molecular flexibility index (Phi) is 6.54. The quantitative estimate of drug-likeness (QED) is 0.329. The van der Waals surface area contributed by atoms with Crippen LogP contribution in [0.2, 0.25) is 0 Å². The minimum atomic E-state index is 0.0801. The molecule has 0 unspecified atom stereocenters. The lowest BCUT2D eigenvalue weighted by molar-refractivity contribution is 0.0991. The molecular weight excluding hydrogens is 458 g/mol. The third kappa shape index (κ3) is 4.67. The zero-order valence-corrected chi connectivity index (χ0v) is 21.4. The van der Waals surface area contributed by atoms with Crippen LogP contribution in [0.1, 0.15) is 27.9 Å². The van der Waals surface area contributed by atoms with Crippen molar-refractivity contribution in [3.63, 3.8) is 0 Å². The normalized spacial score (nSPS) is 15.9. The van der Waals surface area contributed by atoms with Crippen molar-refractivity contribution in [1.82, 2.24) is 4.90 Å². The van der Waals surface area contributed by atoms with Gasteiger partial charge in [-0.2, -0.15) is 0 Å². The molecule has 0 N–H and O–H groups in total. The van der Waals surface area contributed by atoms with Crippen LogP contribution in [-0.4, -0.2) is 50.6 Å². The van der Waals surface area contributed by atoms with Gasteiger partial charge >= 0.3 is 0 Å². The lowest BCUT2D eigenvalue weighted by Crippen LogP contribution is -2.32. The Labute approximate surface area is 218 Å². The monoisotopic (exact) mass is 491 g/mol. The molecule has 0 saturated carbocycles. The zero-order chi connectivity index (χ0) is 25.2. The van der Waals surface area contributed by atoms with Gasteiger partial charge in [-0.1, -0.05) is 54.6 Å². The number of carbonyl (C=O) groups is 1. The first-order valence-corrected chi connectivity index (χ1v) is 13.2. The van der Waals surface area contributed by atoms with E-state index in [0.29, 0.717) is 6.54 Å². The maximum Gasteiger partial charge on any atom is 0.259 e. The summed E-state index contributed by atoms with van der Waals surface area (Å²) < 4.78 is 5.29.